The highest BCUT2D eigenvalue weighted by Crippen LogP contribution is 2.40. The fourth-order valence-corrected chi connectivity index (χ4v) is 8.52. The van der Waals surface area contributed by atoms with Crippen LogP contribution < -0.4 is 35.4 Å². The SMILES string of the molecule is CNCCn1c(=O)c2cc(CO)c(CO)cc2c2cnc3cc4c(cc3c21)OCO4.COC(=O)Cl.COC(=O)N(C)CCn1c(=O)c2cc(CO)c(CO)cc2c2cnc3cc4c(cc3c21)OCO4. The van der Waals surface area contributed by atoms with Gasteiger partial charge in [0, 0.05) is 102 Å². The molecule has 0 spiro atoms. The summed E-state index contributed by atoms with van der Waals surface area (Å²) in [4.78, 5) is 59.1. The molecular weight excluding hydrogens is 920 g/mol. The van der Waals surface area contributed by atoms with E-state index in [-0.39, 0.29) is 64.2 Å². The van der Waals surface area contributed by atoms with Crippen molar-refractivity contribution >= 4 is 88.3 Å². The van der Waals surface area contributed by atoms with Crippen LogP contribution in [0.2, 0.25) is 0 Å². The van der Waals surface area contributed by atoms with E-state index in [1.165, 1.54) is 19.1 Å². The molecule has 2 aliphatic rings. The third kappa shape index (κ3) is 9.08. The minimum Gasteiger partial charge on any atom is -0.457 e. The fraction of sp³-hybridized carbons (Fsp3) is 0.292. The van der Waals surface area contributed by atoms with Gasteiger partial charge in [-0.05, 0) is 76.5 Å². The first-order valence-corrected chi connectivity index (χ1v) is 21.8. The lowest BCUT2D eigenvalue weighted by molar-refractivity contribution is 0.132. The molecule has 360 valence electrons. The van der Waals surface area contributed by atoms with E-state index in [1.807, 2.05) is 19.2 Å². The van der Waals surface area contributed by atoms with Crippen LogP contribution in [0, 0.1) is 0 Å². The summed E-state index contributed by atoms with van der Waals surface area (Å²) in [6, 6.07) is 14.0. The quantitative estimate of drug-likeness (QED) is 0.0916. The van der Waals surface area contributed by atoms with E-state index < -0.39 is 11.5 Å². The maximum atomic E-state index is 13.7. The largest absolute Gasteiger partial charge is 0.457 e. The van der Waals surface area contributed by atoms with Crippen molar-refractivity contribution in [2.24, 2.45) is 0 Å². The zero-order valence-corrected chi connectivity index (χ0v) is 38.6. The van der Waals surface area contributed by atoms with Crippen molar-refractivity contribution < 1.29 is 58.4 Å². The van der Waals surface area contributed by atoms with Gasteiger partial charge in [0.25, 0.3) is 11.1 Å². The lowest BCUT2D eigenvalue weighted by atomic mass is 9.98. The van der Waals surface area contributed by atoms with Gasteiger partial charge in [-0.1, -0.05) is 0 Å². The smallest absolute Gasteiger partial charge is 0.409 e. The number of nitrogens with one attached hydrogen (secondary N) is 1. The fourth-order valence-electron chi connectivity index (χ4n) is 8.52. The van der Waals surface area contributed by atoms with Crippen molar-refractivity contribution in [2.45, 2.75) is 39.5 Å². The van der Waals surface area contributed by atoms with E-state index in [2.05, 4.69) is 31.6 Å². The summed E-state index contributed by atoms with van der Waals surface area (Å²) in [6.07, 6.45) is 2.92. The van der Waals surface area contributed by atoms with Crippen LogP contribution in [0.5, 0.6) is 23.0 Å². The standard InChI is InChI=1S/C24H23N3O7.C22H21N3O5.C2H3ClO2/c1-26(24(31)32-2)3-4-27-22-17-7-20-21(34-12-33-20)8-19(17)25-9-18(22)15-5-13(10-28)14(11-29)6-16(15)23(27)30;1-23-2-3-25-21-16-6-19-20(30-11-29-19)7-18(16)24-8-17(21)14-4-12(9-26)13(10-27)5-15(14)22(25)28;1-5-2(3)4/h5-9,28-29H,3-4,10-12H2,1-2H3;4-8,23,26-27H,2-3,9-11H2,1H3;1H3. The second kappa shape index (κ2) is 20.5. The first-order chi connectivity index (χ1) is 33.4. The summed E-state index contributed by atoms with van der Waals surface area (Å²) >= 11 is 4.60. The zero-order valence-electron chi connectivity index (χ0n) is 37.8. The van der Waals surface area contributed by atoms with E-state index in [9.17, 15) is 39.6 Å². The molecule has 0 radical (unpaired) electrons. The number of amides is 1. The predicted octanol–water partition coefficient (Wildman–Crippen LogP) is 4.74. The minimum atomic E-state index is -0.773. The number of nitrogens with zero attached hydrogens (tertiary/aromatic N) is 5. The first-order valence-electron chi connectivity index (χ1n) is 21.4. The molecule has 4 aromatic heterocycles. The first kappa shape index (κ1) is 48.1. The molecule has 0 saturated carbocycles. The van der Waals surface area contributed by atoms with E-state index >= 15 is 0 Å². The molecular formula is C48H47ClN6O14. The molecule has 0 aliphatic carbocycles. The Balaban J connectivity index is 0.000000171. The number of rotatable bonds is 10. The number of pyridine rings is 4. The average Bonchev–Trinajstić information content (AvgIpc) is 4.05. The van der Waals surface area contributed by atoms with Crippen molar-refractivity contribution in [1.82, 2.24) is 29.3 Å². The molecule has 6 heterocycles. The number of hydrogen-bond acceptors (Lipinski definition) is 17. The molecule has 2 aliphatic heterocycles. The number of ether oxygens (including phenoxy) is 6. The van der Waals surface area contributed by atoms with E-state index in [4.69, 9.17) is 23.7 Å². The third-order valence-corrected chi connectivity index (χ3v) is 12.1. The molecule has 1 amide bonds. The Morgan fingerprint density at radius 1 is 0.623 bits per heavy atom. The van der Waals surface area contributed by atoms with Crippen LogP contribution in [0.1, 0.15) is 22.3 Å². The van der Waals surface area contributed by atoms with Crippen LogP contribution in [-0.2, 0) is 49.0 Å². The monoisotopic (exact) mass is 966 g/mol. The van der Waals surface area contributed by atoms with Gasteiger partial charge >= 0.3 is 11.5 Å². The van der Waals surface area contributed by atoms with Crippen LogP contribution >= 0.6 is 11.6 Å². The summed E-state index contributed by atoms with van der Waals surface area (Å²) in [5.41, 5.74) is 3.63. The highest BCUT2D eigenvalue weighted by atomic mass is 35.5. The van der Waals surface area contributed by atoms with Gasteiger partial charge in [0.2, 0.25) is 13.6 Å². The van der Waals surface area contributed by atoms with Crippen molar-refractivity contribution in [3.05, 3.63) is 104 Å². The number of likely N-dealkylation sites (N-methyl/N-ethyl adjacent to an activating group) is 2. The molecule has 8 aromatic rings. The number of methoxy groups -OCH3 is 2. The van der Waals surface area contributed by atoms with Crippen LogP contribution in [0.15, 0.2) is 70.5 Å². The number of aliphatic hydroxyl groups excluding tert-OH is 4. The van der Waals surface area contributed by atoms with Crippen LogP contribution in [0.3, 0.4) is 0 Å². The Bertz CT molecular complexity index is 3450. The summed E-state index contributed by atoms with van der Waals surface area (Å²) in [5, 5.41) is 47.3. The summed E-state index contributed by atoms with van der Waals surface area (Å²) in [5.74, 6) is 2.39. The van der Waals surface area contributed by atoms with Crippen molar-refractivity contribution in [3.63, 3.8) is 0 Å². The molecule has 0 unspecified atom stereocenters. The molecule has 69 heavy (non-hydrogen) atoms. The topological polar surface area (TPSA) is 255 Å². The van der Waals surface area contributed by atoms with Crippen LogP contribution in [0.4, 0.5) is 9.59 Å². The zero-order chi connectivity index (χ0) is 49.1. The number of aliphatic hydroxyl groups is 4. The van der Waals surface area contributed by atoms with Gasteiger partial charge in [-0.15, -0.1) is 0 Å². The normalized spacial score (nSPS) is 12.4. The lowest BCUT2D eigenvalue weighted by Crippen LogP contribution is -2.33. The summed E-state index contributed by atoms with van der Waals surface area (Å²) in [7, 11) is 5.95. The van der Waals surface area contributed by atoms with Crippen molar-refractivity contribution in [1.29, 1.82) is 0 Å². The number of carbonyl (C=O) groups excluding carboxylic acids is 2. The highest BCUT2D eigenvalue weighted by molar-refractivity contribution is 6.61. The van der Waals surface area contributed by atoms with Crippen molar-refractivity contribution in [3.8, 4) is 23.0 Å². The van der Waals surface area contributed by atoms with Gasteiger partial charge in [0.15, 0.2) is 23.0 Å². The molecule has 4 aromatic carbocycles. The third-order valence-electron chi connectivity index (χ3n) is 12.0. The van der Waals surface area contributed by atoms with Gasteiger partial charge in [-0.2, -0.15) is 0 Å². The number of benzene rings is 4. The molecule has 0 fully saturated rings. The van der Waals surface area contributed by atoms with Gasteiger partial charge < -0.3 is 68.2 Å². The van der Waals surface area contributed by atoms with Crippen LogP contribution in [0.25, 0.3) is 65.2 Å². The number of carbonyl (C=O) groups is 2. The average molecular weight is 967 g/mol. The van der Waals surface area contributed by atoms with E-state index in [0.717, 1.165) is 16.3 Å². The molecule has 10 rings (SSSR count). The van der Waals surface area contributed by atoms with E-state index in [0.29, 0.717) is 107 Å². The number of halogens is 1. The Morgan fingerprint density at radius 2 is 1.01 bits per heavy atom. The van der Waals surface area contributed by atoms with Gasteiger partial charge in [0.05, 0.1) is 62.7 Å². The van der Waals surface area contributed by atoms with Crippen molar-refractivity contribution in [2.75, 3.05) is 55.0 Å². The molecule has 0 saturated heterocycles. The lowest BCUT2D eigenvalue weighted by Gasteiger charge is -2.20. The molecule has 0 bridgehead atoms. The molecule has 5 N–H and O–H groups in total. The summed E-state index contributed by atoms with van der Waals surface area (Å²) in [6.45, 7) is 0.685. The van der Waals surface area contributed by atoms with Gasteiger partial charge in [-0.3, -0.25) is 19.6 Å². The minimum absolute atomic E-state index is 0.104. The number of hydrogen-bond donors (Lipinski definition) is 5. The maximum Gasteiger partial charge on any atom is 0.409 e. The Morgan fingerprint density at radius 3 is 1.39 bits per heavy atom. The maximum absolute atomic E-state index is 13.7. The van der Waals surface area contributed by atoms with E-state index in [1.54, 1.807) is 65.0 Å². The second-order valence-corrected chi connectivity index (χ2v) is 16.1. The Hall–Kier alpha value is -7.33. The Kier molecular flexibility index (Phi) is 14.3. The summed E-state index contributed by atoms with van der Waals surface area (Å²) < 4.78 is 34.0. The predicted molar refractivity (Wildman–Crippen MR) is 255 cm³/mol. The second-order valence-electron chi connectivity index (χ2n) is 15.8. The molecule has 21 heteroatoms. The van der Waals surface area contributed by atoms with Gasteiger partial charge in [0.1, 0.15) is 0 Å². The molecule has 0 atom stereocenters. The molecule has 20 nitrogen and oxygen atoms in total. The van der Waals surface area contributed by atoms with Crippen LogP contribution in [-0.4, -0.2) is 111 Å². The van der Waals surface area contributed by atoms with Gasteiger partial charge in [-0.25, -0.2) is 9.59 Å². The number of aromatic nitrogens is 4. The number of fused-ring (bicyclic) bond motifs is 12. The highest BCUT2D eigenvalue weighted by Gasteiger charge is 2.23. The Labute approximate surface area is 396 Å².